The molecule has 2 N–H and O–H groups in total. The minimum atomic E-state index is -3.70. The van der Waals surface area contributed by atoms with Crippen LogP contribution in [0.3, 0.4) is 0 Å². The Morgan fingerprint density at radius 1 is 1.54 bits per heavy atom. The van der Waals surface area contributed by atoms with Crippen molar-refractivity contribution in [2.75, 3.05) is 12.9 Å². The van der Waals surface area contributed by atoms with Crippen LogP contribution >= 0.6 is 15.9 Å². The second kappa shape index (κ2) is 8.29. The maximum Gasteiger partial charge on any atom is 0.330 e. The van der Waals surface area contributed by atoms with Crippen molar-refractivity contribution in [1.82, 2.24) is 14.9 Å². The molecule has 0 spiro atoms. The molecule has 12 heteroatoms. The lowest BCUT2D eigenvalue weighted by molar-refractivity contribution is -0.120. The number of amides is 1. The van der Waals surface area contributed by atoms with E-state index in [1.54, 1.807) is 0 Å². The summed E-state index contributed by atoms with van der Waals surface area (Å²) in [4.78, 5) is 38.9. The van der Waals surface area contributed by atoms with E-state index in [1.807, 2.05) is 0 Å². The van der Waals surface area contributed by atoms with Crippen molar-refractivity contribution < 1.29 is 22.1 Å². The van der Waals surface area contributed by atoms with Gasteiger partial charge in [0.25, 0.3) is 15.7 Å². The lowest BCUT2D eigenvalue weighted by atomic mass is 10.1. The first-order valence-corrected chi connectivity index (χ1v) is 10.2. The van der Waals surface area contributed by atoms with E-state index in [0.717, 1.165) is 6.26 Å². The first-order chi connectivity index (χ1) is 12.1. The number of aromatic nitrogens is 2. The van der Waals surface area contributed by atoms with Crippen molar-refractivity contribution in [1.29, 1.82) is 0 Å². The molecule has 0 aromatic carbocycles. The lowest BCUT2D eigenvalue weighted by Crippen LogP contribution is -2.41. The van der Waals surface area contributed by atoms with Crippen molar-refractivity contribution in [3.63, 3.8) is 0 Å². The number of carbonyl (C=O) groups is 1. The number of nitrogens with one attached hydrogen (secondary N) is 2. The van der Waals surface area contributed by atoms with E-state index in [2.05, 4.69) is 26.2 Å². The third kappa shape index (κ3) is 5.37. The van der Waals surface area contributed by atoms with Gasteiger partial charge in [-0.05, 0) is 11.1 Å². The molecule has 0 radical (unpaired) electrons. The van der Waals surface area contributed by atoms with Crippen molar-refractivity contribution in [3.8, 4) is 0 Å². The Labute approximate surface area is 157 Å². The van der Waals surface area contributed by atoms with Crippen molar-refractivity contribution in [2.24, 2.45) is 0 Å². The molecule has 1 amide bonds. The molecule has 2 rings (SSSR count). The Morgan fingerprint density at radius 2 is 2.23 bits per heavy atom. The fraction of sp³-hybridized carbons (Fsp3) is 0.500. The van der Waals surface area contributed by atoms with Crippen LogP contribution in [-0.4, -0.2) is 48.9 Å². The molecule has 26 heavy (non-hydrogen) atoms. The largest absolute Gasteiger partial charge is 0.351 e. The van der Waals surface area contributed by atoms with Gasteiger partial charge in [0.15, 0.2) is 0 Å². The van der Waals surface area contributed by atoms with E-state index in [4.69, 9.17) is 8.92 Å². The summed E-state index contributed by atoms with van der Waals surface area (Å²) in [5, 5.41) is 2.65. The van der Waals surface area contributed by atoms with Crippen LogP contribution in [0.5, 0.6) is 0 Å². The van der Waals surface area contributed by atoms with Gasteiger partial charge in [-0.1, -0.05) is 15.9 Å². The summed E-state index contributed by atoms with van der Waals surface area (Å²) >= 11 is 3.06. The predicted molar refractivity (Wildman–Crippen MR) is 96.2 cm³/mol. The van der Waals surface area contributed by atoms with Crippen LogP contribution in [0.15, 0.2) is 20.8 Å². The van der Waals surface area contributed by atoms with Gasteiger partial charge in [0, 0.05) is 19.5 Å². The van der Waals surface area contributed by atoms with E-state index < -0.39 is 39.7 Å². The summed E-state index contributed by atoms with van der Waals surface area (Å²) in [6.07, 6.45) is 2.28. The number of hydrogen-bond acceptors (Lipinski definition) is 7. The van der Waals surface area contributed by atoms with Gasteiger partial charge in [-0.25, -0.2) is 4.79 Å². The molecule has 144 valence electrons. The van der Waals surface area contributed by atoms with Crippen LogP contribution in [0.4, 0.5) is 0 Å². The standard InChI is InChI=1S/C14H18BrN3O7S/c1-8(19)16-10-5-12(25-11(10)7-24-26(2,22)23)18-6-9(3-4-15)13(20)17-14(18)21/h3-4,6,10-12H,5,7H2,1-2H3,(H,16,19)(H,17,20,21)/b4-3+/t10?,11-,12-/m0/s1. The smallest absolute Gasteiger partial charge is 0.330 e. The SMILES string of the molecule is CC(=O)NC1C[C@@H](n2cc(/C=C/Br)c(=O)[nH]c2=O)O[C@H]1COS(C)(=O)=O. The Bertz CT molecular complexity index is 921. The predicted octanol–water partition coefficient (Wildman–Crippen LogP) is -0.329. The van der Waals surface area contributed by atoms with Crippen molar-refractivity contribution >= 4 is 38.0 Å². The zero-order chi connectivity index (χ0) is 19.5. The van der Waals surface area contributed by atoms with Crippen molar-refractivity contribution in [2.45, 2.75) is 31.7 Å². The number of ether oxygens (including phenoxy) is 1. The molecule has 1 unspecified atom stereocenters. The summed E-state index contributed by atoms with van der Waals surface area (Å²) in [7, 11) is -3.70. The summed E-state index contributed by atoms with van der Waals surface area (Å²) in [6.45, 7) is 0.999. The average Bonchev–Trinajstić information content (AvgIpc) is 2.89. The fourth-order valence-electron chi connectivity index (χ4n) is 2.56. The van der Waals surface area contributed by atoms with Gasteiger partial charge in [-0.2, -0.15) is 8.42 Å². The van der Waals surface area contributed by atoms with Gasteiger partial charge >= 0.3 is 5.69 Å². The molecule has 1 aliphatic heterocycles. The third-order valence-corrected chi connectivity index (χ3v) is 4.45. The van der Waals surface area contributed by atoms with Crippen molar-refractivity contribution in [3.05, 3.63) is 37.6 Å². The van der Waals surface area contributed by atoms with Crippen LogP contribution in [0.1, 0.15) is 25.1 Å². The van der Waals surface area contributed by atoms with E-state index in [0.29, 0.717) is 0 Å². The molecule has 1 fully saturated rings. The van der Waals surface area contributed by atoms with Gasteiger partial charge in [0.1, 0.15) is 12.3 Å². The molecule has 1 aliphatic rings. The van der Waals surface area contributed by atoms with Gasteiger partial charge in [0.2, 0.25) is 5.91 Å². The number of aromatic amines is 1. The number of rotatable bonds is 6. The highest BCUT2D eigenvalue weighted by Gasteiger charge is 2.38. The molecule has 1 saturated heterocycles. The minimum Gasteiger partial charge on any atom is -0.351 e. The van der Waals surface area contributed by atoms with E-state index in [1.165, 1.54) is 28.7 Å². The first-order valence-electron chi connectivity index (χ1n) is 7.50. The molecular weight excluding hydrogens is 434 g/mol. The number of nitrogens with zero attached hydrogens (tertiary/aromatic N) is 1. The Kier molecular flexibility index (Phi) is 6.55. The quantitative estimate of drug-likeness (QED) is 0.564. The third-order valence-electron chi connectivity index (χ3n) is 3.62. The molecular formula is C14H18BrN3O7S. The summed E-state index contributed by atoms with van der Waals surface area (Å²) < 4.78 is 34.1. The lowest BCUT2D eigenvalue weighted by Gasteiger charge is -2.18. The van der Waals surface area contributed by atoms with Gasteiger partial charge < -0.3 is 10.1 Å². The first kappa shape index (κ1) is 20.6. The number of carbonyl (C=O) groups excluding carboxylic acids is 1. The minimum absolute atomic E-state index is 0.195. The number of halogens is 1. The fourth-order valence-corrected chi connectivity index (χ4v) is 3.23. The Morgan fingerprint density at radius 3 is 2.81 bits per heavy atom. The molecule has 1 aromatic heterocycles. The Balaban J connectivity index is 2.30. The van der Waals surface area contributed by atoms with E-state index in [9.17, 15) is 22.8 Å². The molecule has 1 aromatic rings. The summed E-state index contributed by atoms with van der Waals surface area (Å²) in [5.41, 5.74) is -1.02. The summed E-state index contributed by atoms with van der Waals surface area (Å²) in [6, 6.07) is -0.562. The maximum absolute atomic E-state index is 12.1. The van der Waals surface area contributed by atoms with Crippen LogP contribution in [-0.2, 0) is 23.8 Å². The van der Waals surface area contributed by atoms with Gasteiger partial charge in [-0.15, -0.1) is 0 Å². The second-order valence-corrected chi connectivity index (χ2v) is 7.88. The molecule has 10 nitrogen and oxygen atoms in total. The van der Waals surface area contributed by atoms with Crippen LogP contribution < -0.4 is 16.6 Å². The molecule has 0 saturated carbocycles. The molecule has 3 atom stereocenters. The normalized spacial score (nSPS) is 23.4. The topological polar surface area (TPSA) is 137 Å². The van der Waals surface area contributed by atoms with Crippen LogP contribution in [0, 0.1) is 0 Å². The summed E-state index contributed by atoms with van der Waals surface area (Å²) in [5.74, 6) is -0.333. The van der Waals surface area contributed by atoms with Crippen LogP contribution in [0.2, 0.25) is 0 Å². The van der Waals surface area contributed by atoms with Crippen LogP contribution in [0.25, 0.3) is 6.08 Å². The molecule has 0 bridgehead atoms. The van der Waals surface area contributed by atoms with E-state index in [-0.39, 0.29) is 24.5 Å². The zero-order valence-corrected chi connectivity index (χ0v) is 16.4. The second-order valence-electron chi connectivity index (χ2n) is 5.70. The number of H-pyrrole nitrogens is 1. The molecule has 0 aliphatic carbocycles. The average molecular weight is 452 g/mol. The number of hydrogen-bond donors (Lipinski definition) is 2. The highest BCUT2D eigenvalue weighted by molar-refractivity contribution is 9.11. The monoisotopic (exact) mass is 451 g/mol. The Hall–Kier alpha value is -1.76. The maximum atomic E-state index is 12.1. The van der Waals surface area contributed by atoms with Gasteiger partial charge in [0.05, 0.1) is 24.5 Å². The molecule has 2 heterocycles. The van der Waals surface area contributed by atoms with Gasteiger partial charge in [-0.3, -0.25) is 23.3 Å². The zero-order valence-electron chi connectivity index (χ0n) is 14.0. The highest BCUT2D eigenvalue weighted by atomic mass is 79.9. The highest BCUT2D eigenvalue weighted by Crippen LogP contribution is 2.28. The van der Waals surface area contributed by atoms with E-state index >= 15 is 0 Å².